The molecule has 1 atom stereocenters. The summed E-state index contributed by atoms with van der Waals surface area (Å²) in [6.45, 7) is 4.66. The summed E-state index contributed by atoms with van der Waals surface area (Å²) in [6.07, 6.45) is 2.22. The zero-order chi connectivity index (χ0) is 14.0. The minimum atomic E-state index is 0.180. The molecule has 2 aromatic rings. The number of hydrogen-bond acceptors (Lipinski definition) is 3. The monoisotopic (exact) mass is 261 g/mol. The molecule has 0 radical (unpaired) electrons. The Morgan fingerprint density at radius 2 is 2.05 bits per heavy atom. The number of likely N-dealkylation sites (N-methyl/N-ethyl adjacent to an activating group) is 1. The Labute approximate surface area is 114 Å². The number of hydrogen-bond donors (Lipinski definition) is 2. The van der Waals surface area contributed by atoms with E-state index < -0.39 is 0 Å². The van der Waals surface area contributed by atoms with Crippen LogP contribution >= 0.6 is 0 Å². The van der Waals surface area contributed by atoms with E-state index >= 15 is 0 Å². The van der Waals surface area contributed by atoms with Gasteiger partial charge in [0, 0.05) is 29.7 Å². The second-order valence-corrected chi connectivity index (χ2v) is 5.33. The Balaban J connectivity index is 2.44. The van der Waals surface area contributed by atoms with Crippen LogP contribution in [0, 0.1) is 0 Å². The zero-order valence-corrected chi connectivity index (χ0v) is 12.1. The Bertz CT molecular complexity index is 545. The van der Waals surface area contributed by atoms with Crippen molar-refractivity contribution in [3.05, 3.63) is 30.0 Å². The number of fused-ring (bicyclic) bond motifs is 1. The number of H-pyrrole nitrogens is 1. The number of ether oxygens (including phenoxy) is 1. The molecule has 0 aliphatic heterocycles. The summed E-state index contributed by atoms with van der Waals surface area (Å²) in [5.74, 6) is 0.901. The van der Waals surface area contributed by atoms with Gasteiger partial charge in [-0.2, -0.15) is 0 Å². The maximum Gasteiger partial charge on any atom is 0.120 e. The van der Waals surface area contributed by atoms with Gasteiger partial charge < -0.3 is 20.4 Å². The standard InChI is InChI=1S/C15H23N3O/c1-10(2)19-11-5-6-14-12(7-11)13(9-17-14)15(8-16)18(3)4/h5-7,9-10,15,17H,8,16H2,1-4H3. The van der Waals surface area contributed by atoms with E-state index in [1.54, 1.807) is 0 Å². The Morgan fingerprint density at radius 3 is 2.63 bits per heavy atom. The highest BCUT2D eigenvalue weighted by molar-refractivity contribution is 5.85. The maximum atomic E-state index is 5.89. The largest absolute Gasteiger partial charge is 0.491 e. The number of nitrogens with one attached hydrogen (secondary N) is 1. The summed E-state index contributed by atoms with van der Waals surface area (Å²) < 4.78 is 5.76. The van der Waals surface area contributed by atoms with Crippen LogP contribution in [0.15, 0.2) is 24.4 Å². The second kappa shape index (κ2) is 5.63. The van der Waals surface area contributed by atoms with Crippen molar-refractivity contribution in [2.24, 2.45) is 5.73 Å². The molecule has 1 aromatic carbocycles. The highest BCUT2D eigenvalue weighted by atomic mass is 16.5. The first-order chi connectivity index (χ1) is 9.02. The number of aromatic amines is 1. The lowest BCUT2D eigenvalue weighted by molar-refractivity contribution is 0.242. The van der Waals surface area contributed by atoms with E-state index in [0.717, 1.165) is 11.3 Å². The number of benzene rings is 1. The Kier molecular flexibility index (Phi) is 4.12. The first-order valence-electron chi connectivity index (χ1n) is 6.67. The summed E-state index contributed by atoms with van der Waals surface area (Å²) >= 11 is 0. The number of nitrogens with two attached hydrogens (primary N) is 1. The summed E-state index contributed by atoms with van der Waals surface area (Å²) in [7, 11) is 4.09. The summed E-state index contributed by atoms with van der Waals surface area (Å²) in [4.78, 5) is 5.44. The third-order valence-corrected chi connectivity index (χ3v) is 3.26. The van der Waals surface area contributed by atoms with Gasteiger partial charge in [0.05, 0.1) is 6.10 Å². The third-order valence-electron chi connectivity index (χ3n) is 3.26. The smallest absolute Gasteiger partial charge is 0.120 e. The third kappa shape index (κ3) is 2.91. The van der Waals surface area contributed by atoms with Crippen LogP contribution in [0.3, 0.4) is 0 Å². The molecule has 4 heteroatoms. The number of rotatable bonds is 5. The van der Waals surface area contributed by atoms with Crippen molar-refractivity contribution in [2.45, 2.75) is 26.0 Å². The molecule has 0 aliphatic carbocycles. The molecule has 1 unspecified atom stereocenters. The molecular weight excluding hydrogens is 238 g/mol. The number of nitrogens with zero attached hydrogens (tertiary/aromatic N) is 1. The lowest BCUT2D eigenvalue weighted by Gasteiger charge is -2.22. The average molecular weight is 261 g/mol. The summed E-state index contributed by atoms with van der Waals surface area (Å²) in [6, 6.07) is 6.35. The fourth-order valence-electron chi connectivity index (χ4n) is 2.36. The van der Waals surface area contributed by atoms with E-state index in [1.807, 2.05) is 40.2 Å². The molecule has 1 aromatic heterocycles. The molecule has 3 N–H and O–H groups in total. The van der Waals surface area contributed by atoms with Gasteiger partial charge in [-0.15, -0.1) is 0 Å². The Morgan fingerprint density at radius 1 is 1.32 bits per heavy atom. The van der Waals surface area contributed by atoms with Gasteiger partial charge in [-0.3, -0.25) is 0 Å². The highest BCUT2D eigenvalue weighted by Crippen LogP contribution is 2.29. The minimum absolute atomic E-state index is 0.180. The molecule has 4 nitrogen and oxygen atoms in total. The average Bonchev–Trinajstić information content (AvgIpc) is 2.72. The summed E-state index contributed by atoms with van der Waals surface area (Å²) in [5, 5.41) is 1.18. The van der Waals surface area contributed by atoms with Crippen LogP contribution in [0.2, 0.25) is 0 Å². The van der Waals surface area contributed by atoms with Crippen molar-refractivity contribution in [1.29, 1.82) is 0 Å². The van der Waals surface area contributed by atoms with E-state index in [1.165, 1.54) is 10.9 Å². The quantitative estimate of drug-likeness (QED) is 0.869. The van der Waals surface area contributed by atoms with Crippen LogP contribution in [0.1, 0.15) is 25.5 Å². The molecule has 0 bridgehead atoms. The van der Waals surface area contributed by atoms with Gasteiger partial charge in [0.2, 0.25) is 0 Å². The maximum absolute atomic E-state index is 5.89. The first-order valence-corrected chi connectivity index (χ1v) is 6.67. The Hall–Kier alpha value is -1.52. The van der Waals surface area contributed by atoms with E-state index in [4.69, 9.17) is 10.5 Å². The normalized spacial score (nSPS) is 13.4. The molecule has 0 fully saturated rings. The van der Waals surface area contributed by atoms with Crippen LogP contribution in [0.25, 0.3) is 10.9 Å². The van der Waals surface area contributed by atoms with Gasteiger partial charge in [-0.05, 0) is 51.7 Å². The molecule has 0 aliphatic rings. The van der Waals surface area contributed by atoms with Crippen molar-refractivity contribution in [1.82, 2.24) is 9.88 Å². The fourth-order valence-corrected chi connectivity index (χ4v) is 2.36. The van der Waals surface area contributed by atoms with E-state index in [9.17, 15) is 0 Å². The molecule has 0 saturated heterocycles. The van der Waals surface area contributed by atoms with Crippen molar-refractivity contribution < 1.29 is 4.74 Å². The molecule has 0 saturated carbocycles. The summed E-state index contributed by atoms with van der Waals surface area (Å²) in [5.41, 5.74) is 8.22. The van der Waals surface area contributed by atoms with E-state index in [-0.39, 0.29) is 12.1 Å². The van der Waals surface area contributed by atoms with Crippen molar-refractivity contribution in [3.63, 3.8) is 0 Å². The topological polar surface area (TPSA) is 54.3 Å². The molecule has 0 spiro atoms. The van der Waals surface area contributed by atoms with Crippen LogP contribution in [-0.4, -0.2) is 36.6 Å². The second-order valence-electron chi connectivity index (χ2n) is 5.33. The van der Waals surface area contributed by atoms with Crippen LogP contribution in [-0.2, 0) is 0 Å². The minimum Gasteiger partial charge on any atom is -0.491 e. The van der Waals surface area contributed by atoms with Gasteiger partial charge in [0.25, 0.3) is 0 Å². The molecule has 2 rings (SSSR count). The van der Waals surface area contributed by atoms with Gasteiger partial charge in [-0.25, -0.2) is 0 Å². The number of aromatic nitrogens is 1. The fraction of sp³-hybridized carbons (Fsp3) is 0.467. The van der Waals surface area contributed by atoms with Gasteiger partial charge in [0.1, 0.15) is 5.75 Å². The van der Waals surface area contributed by atoms with Gasteiger partial charge in [0.15, 0.2) is 0 Å². The molecular formula is C15H23N3O. The molecule has 19 heavy (non-hydrogen) atoms. The lowest BCUT2D eigenvalue weighted by atomic mass is 10.0. The SMILES string of the molecule is CC(C)Oc1ccc2[nH]cc(C(CN)N(C)C)c2c1. The molecule has 104 valence electrons. The van der Waals surface area contributed by atoms with Gasteiger partial charge >= 0.3 is 0 Å². The van der Waals surface area contributed by atoms with Crippen LogP contribution < -0.4 is 10.5 Å². The molecule has 0 amide bonds. The van der Waals surface area contributed by atoms with Crippen molar-refractivity contribution in [3.8, 4) is 5.75 Å². The van der Waals surface area contributed by atoms with E-state index in [2.05, 4.69) is 22.0 Å². The van der Waals surface area contributed by atoms with Crippen LogP contribution in [0.5, 0.6) is 5.75 Å². The predicted octanol–water partition coefficient (Wildman–Crippen LogP) is 2.52. The van der Waals surface area contributed by atoms with Crippen molar-refractivity contribution in [2.75, 3.05) is 20.6 Å². The van der Waals surface area contributed by atoms with Crippen molar-refractivity contribution >= 4 is 10.9 Å². The van der Waals surface area contributed by atoms with Gasteiger partial charge in [-0.1, -0.05) is 0 Å². The first kappa shape index (κ1) is 13.9. The van der Waals surface area contributed by atoms with Crippen LogP contribution in [0.4, 0.5) is 0 Å². The lowest BCUT2D eigenvalue weighted by Crippen LogP contribution is -2.26. The molecule has 1 heterocycles. The zero-order valence-electron chi connectivity index (χ0n) is 12.1. The highest BCUT2D eigenvalue weighted by Gasteiger charge is 2.16. The predicted molar refractivity (Wildman–Crippen MR) is 79.5 cm³/mol. The van der Waals surface area contributed by atoms with E-state index in [0.29, 0.717) is 6.54 Å².